The first kappa shape index (κ1) is 21.0. The lowest BCUT2D eigenvalue weighted by atomic mass is 9.99. The molecule has 8 heteroatoms. The Kier molecular flexibility index (Phi) is 6.58. The molecule has 1 saturated heterocycles. The highest BCUT2D eigenvalue weighted by Gasteiger charge is 2.32. The second-order valence-corrected chi connectivity index (χ2v) is 7.71. The third-order valence-corrected chi connectivity index (χ3v) is 4.70. The summed E-state index contributed by atoms with van der Waals surface area (Å²) >= 11 is 5.51. The van der Waals surface area contributed by atoms with Crippen molar-refractivity contribution >= 4 is 17.0 Å². The maximum atomic E-state index is 12.9. The van der Waals surface area contributed by atoms with E-state index in [1.807, 2.05) is 4.90 Å². The minimum absolute atomic E-state index is 0.0586. The van der Waals surface area contributed by atoms with Gasteiger partial charge in [-0.3, -0.25) is 9.69 Å². The summed E-state index contributed by atoms with van der Waals surface area (Å²) < 4.78 is 38.8. The molecule has 4 nitrogen and oxygen atoms in total. The average molecular weight is 393 g/mol. The van der Waals surface area contributed by atoms with Crippen molar-refractivity contribution in [1.29, 1.82) is 0 Å². The van der Waals surface area contributed by atoms with Crippen molar-refractivity contribution in [3.8, 4) is 0 Å². The second-order valence-electron chi connectivity index (χ2n) is 7.39. The van der Waals surface area contributed by atoms with Crippen molar-refractivity contribution in [1.82, 2.24) is 9.80 Å². The number of amides is 1. The Bertz CT molecular complexity index is 624. The molecule has 26 heavy (non-hydrogen) atoms. The van der Waals surface area contributed by atoms with Crippen molar-refractivity contribution in [2.75, 3.05) is 19.6 Å². The molecule has 1 fully saturated rings. The van der Waals surface area contributed by atoms with Gasteiger partial charge in [0.15, 0.2) is 0 Å². The van der Waals surface area contributed by atoms with Crippen LogP contribution < -0.4 is 0 Å². The number of aliphatic hydroxyl groups is 1. The van der Waals surface area contributed by atoms with E-state index in [9.17, 15) is 23.1 Å². The number of hydrogen-bond acceptors (Lipinski definition) is 3. The molecule has 1 amide bonds. The number of hydrogen-bond donors (Lipinski definition) is 1. The van der Waals surface area contributed by atoms with Crippen LogP contribution in [0.5, 0.6) is 0 Å². The molecule has 0 radical (unpaired) electrons. The zero-order valence-corrected chi connectivity index (χ0v) is 15.6. The van der Waals surface area contributed by atoms with Gasteiger partial charge in [0.25, 0.3) is 0 Å². The summed E-state index contributed by atoms with van der Waals surface area (Å²) in [6.45, 7) is 4.96. The van der Waals surface area contributed by atoms with E-state index in [1.165, 1.54) is 6.07 Å². The molecule has 0 atom stereocenters. The average Bonchev–Trinajstić information content (AvgIpc) is 2.52. The summed E-state index contributed by atoms with van der Waals surface area (Å²) in [5, 5.41) is 9.72. The van der Waals surface area contributed by atoms with E-state index in [1.54, 1.807) is 24.8 Å². The van der Waals surface area contributed by atoms with Crippen LogP contribution in [0.15, 0.2) is 24.3 Å². The van der Waals surface area contributed by atoms with E-state index >= 15 is 0 Å². The number of piperidine rings is 1. The molecule has 0 aliphatic carbocycles. The van der Waals surface area contributed by atoms with Crippen molar-refractivity contribution in [3.05, 3.63) is 35.4 Å². The van der Waals surface area contributed by atoms with Crippen LogP contribution in [0.4, 0.5) is 18.0 Å². The number of benzene rings is 1. The number of carbonyl (C=O) groups excluding carboxylic acids is 1. The van der Waals surface area contributed by atoms with Crippen LogP contribution in [0.2, 0.25) is 0 Å². The molecule has 1 aromatic carbocycles. The smallest absolute Gasteiger partial charge is 0.389 e. The molecule has 0 aromatic heterocycles. The fourth-order valence-corrected chi connectivity index (χ4v) is 3.47. The summed E-state index contributed by atoms with van der Waals surface area (Å²) in [5.41, 5.74) is -1.12. The highest BCUT2D eigenvalue weighted by atomic mass is 35.5. The van der Waals surface area contributed by atoms with Gasteiger partial charge in [-0.2, -0.15) is 13.2 Å². The maximum Gasteiger partial charge on any atom is 0.416 e. The third-order valence-electron chi connectivity index (χ3n) is 4.46. The van der Waals surface area contributed by atoms with Crippen LogP contribution in [0.3, 0.4) is 0 Å². The molecule has 1 aliphatic heterocycles. The van der Waals surface area contributed by atoms with Gasteiger partial charge in [0.1, 0.15) is 0 Å². The summed E-state index contributed by atoms with van der Waals surface area (Å²) in [5.74, 6) is 0. The minimum atomic E-state index is -4.39. The number of alkyl halides is 3. The lowest BCUT2D eigenvalue weighted by molar-refractivity contribution is -0.137. The zero-order valence-electron chi connectivity index (χ0n) is 14.9. The number of nitrogens with zero attached hydrogens (tertiary/aromatic N) is 2. The number of carbonyl (C=O) groups is 1. The monoisotopic (exact) mass is 392 g/mol. The Balaban J connectivity index is 2.14. The Morgan fingerprint density at radius 1 is 1.31 bits per heavy atom. The normalized spacial score (nSPS) is 17.0. The van der Waals surface area contributed by atoms with Gasteiger partial charge in [-0.15, -0.1) is 0 Å². The van der Waals surface area contributed by atoms with Gasteiger partial charge in [-0.05, 0) is 49.9 Å². The molecular weight excluding hydrogens is 369 g/mol. The Morgan fingerprint density at radius 3 is 2.42 bits per heavy atom. The molecule has 1 N–H and O–H groups in total. The van der Waals surface area contributed by atoms with E-state index in [2.05, 4.69) is 0 Å². The Morgan fingerprint density at radius 2 is 1.92 bits per heavy atom. The van der Waals surface area contributed by atoms with Crippen LogP contribution in [0.1, 0.15) is 37.8 Å². The topological polar surface area (TPSA) is 43.8 Å². The largest absolute Gasteiger partial charge is 0.416 e. The molecule has 1 aromatic rings. The van der Waals surface area contributed by atoms with E-state index in [4.69, 9.17) is 11.6 Å². The lowest BCUT2D eigenvalue weighted by Crippen LogP contribution is -2.49. The summed E-state index contributed by atoms with van der Waals surface area (Å²) in [6.07, 6.45) is -3.07. The predicted octanol–water partition coefficient (Wildman–Crippen LogP) is 4.10. The third kappa shape index (κ3) is 6.14. The molecular formula is C18H24ClF3N2O2. The fraction of sp³-hybridized carbons (Fsp3) is 0.611. The van der Waals surface area contributed by atoms with Crippen molar-refractivity contribution in [2.45, 2.75) is 51.1 Å². The van der Waals surface area contributed by atoms with Gasteiger partial charge in [0.05, 0.1) is 11.2 Å². The van der Waals surface area contributed by atoms with Gasteiger partial charge in [0.2, 0.25) is 0 Å². The quantitative estimate of drug-likeness (QED) is 0.606. The molecule has 0 spiro atoms. The lowest BCUT2D eigenvalue weighted by Gasteiger charge is -2.40. The first-order valence-corrected chi connectivity index (χ1v) is 8.90. The molecule has 146 valence electrons. The van der Waals surface area contributed by atoms with E-state index in [-0.39, 0.29) is 6.04 Å². The van der Waals surface area contributed by atoms with Crippen molar-refractivity contribution < 1.29 is 23.1 Å². The number of likely N-dealkylation sites (tertiary alicyclic amines) is 1. The number of halogens is 4. The van der Waals surface area contributed by atoms with Crippen molar-refractivity contribution in [2.24, 2.45) is 0 Å². The van der Waals surface area contributed by atoms with Crippen LogP contribution in [0.25, 0.3) is 0 Å². The van der Waals surface area contributed by atoms with Gasteiger partial charge in [0, 0.05) is 32.2 Å². The summed E-state index contributed by atoms with van der Waals surface area (Å²) in [6, 6.07) is 5.31. The maximum absolute atomic E-state index is 12.9. The SMILES string of the molecule is CC(C)(O)CN(Cc1cccc(C(F)(F)F)c1)C1CCN(C(=O)Cl)CC1. The first-order valence-electron chi connectivity index (χ1n) is 8.53. The molecule has 2 rings (SSSR count). The Labute approximate surface area is 156 Å². The molecule has 0 unspecified atom stereocenters. The van der Waals surface area contributed by atoms with E-state index < -0.39 is 22.7 Å². The zero-order chi connectivity index (χ0) is 19.5. The fourth-order valence-electron chi connectivity index (χ4n) is 3.30. The standard InChI is InChI=1S/C18H24ClF3N2O2/c1-17(2,26)12-24(15-6-8-23(9-7-15)16(19)25)11-13-4-3-5-14(10-13)18(20,21)22/h3-5,10,15,26H,6-9,11-12H2,1-2H3. The first-order chi connectivity index (χ1) is 12.0. The van der Waals surface area contributed by atoms with Crippen LogP contribution in [-0.4, -0.2) is 51.5 Å². The Hall–Kier alpha value is -1.31. The van der Waals surface area contributed by atoms with Crippen LogP contribution in [0, 0.1) is 0 Å². The number of rotatable bonds is 5. The second kappa shape index (κ2) is 8.15. The van der Waals surface area contributed by atoms with Gasteiger partial charge in [-0.1, -0.05) is 18.2 Å². The van der Waals surface area contributed by atoms with E-state index in [0.29, 0.717) is 44.6 Å². The highest BCUT2D eigenvalue weighted by molar-refractivity contribution is 6.62. The summed E-state index contributed by atoms with van der Waals surface area (Å²) in [4.78, 5) is 14.8. The highest BCUT2D eigenvalue weighted by Crippen LogP contribution is 2.30. The summed E-state index contributed by atoms with van der Waals surface area (Å²) in [7, 11) is 0. The molecule has 1 heterocycles. The molecule has 1 aliphatic rings. The van der Waals surface area contributed by atoms with Crippen molar-refractivity contribution in [3.63, 3.8) is 0 Å². The van der Waals surface area contributed by atoms with Gasteiger partial charge < -0.3 is 10.0 Å². The van der Waals surface area contributed by atoms with Gasteiger partial charge in [-0.25, -0.2) is 0 Å². The molecule has 0 saturated carbocycles. The van der Waals surface area contributed by atoms with Gasteiger partial charge >= 0.3 is 11.5 Å². The van der Waals surface area contributed by atoms with Crippen LogP contribution in [-0.2, 0) is 12.7 Å². The van der Waals surface area contributed by atoms with Crippen LogP contribution >= 0.6 is 11.6 Å². The molecule has 0 bridgehead atoms. The minimum Gasteiger partial charge on any atom is -0.389 e. The van der Waals surface area contributed by atoms with E-state index in [0.717, 1.165) is 12.1 Å². The predicted molar refractivity (Wildman–Crippen MR) is 94.0 cm³/mol.